The Labute approximate surface area is 189 Å². The molecule has 0 spiro atoms. The normalized spacial score (nSPS) is 12.5. The number of carbonyl (C=O) groups is 2. The Bertz CT molecular complexity index is 1350. The van der Waals surface area contributed by atoms with E-state index in [1.807, 2.05) is 24.3 Å². The van der Waals surface area contributed by atoms with Crippen LogP contribution < -0.4 is 10.2 Å². The van der Waals surface area contributed by atoms with Crippen LogP contribution in [0.2, 0.25) is 0 Å². The lowest BCUT2D eigenvalue weighted by atomic mass is 10.1. The van der Waals surface area contributed by atoms with Crippen molar-refractivity contribution < 1.29 is 14.0 Å². The van der Waals surface area contributed by atoms with Crippen LogP contribution in [0.4, 0.5) is 15.8 Å². The van der Waals surface area contributed by atoms with Crippen molar-refractivity contribution in [2.24, 2.45) is 0 Å². The first-order valence-electron chi connectivity index (χ1n) is 10.5. The smallest absolute Gasteiger partial charge is 0.278 e. The van der Waals surface area contributed by atoms with Crippen LogP contribution >= 0.6 is 0 Å². The molecule has 0 saturated heterocycles. The first kappa shape index (κ1) is 20.6. The third kappa shape index (κ3) is 3.87. The second-order valence-electron chi connectivity index (χ2n) is 7.78. The summed E-state index contributed by atoms with van der Waals surface area (Å²) in [5, 5.41) is 10.8. The lowest BCUT2D eigenvalue weighted by Gasteiger charge is -2.17. The minimum Gasteiger partial charge on any atom is -0.321 e. The zero-order valence-corrected chi connectivity index (χ0v) is 17.8. The van der Waals surface area contributed by atoms with Gasteiger partial charge < -0.3 is 10.2 Å². The molecule has 0 aliphatic carbocycles. The number of nitrogens with one attached hydrogen (secondary N) is 1. The zero-order valence-electron chi connectivity index (χ0n) is 17.8. The Morgan fingerprint density at radius 2 is 1.70 bits per heavy atom. The number of anilines is 2. The Balaban J connectivity index is 1.30. The minimum absolute atomic E-state index is 0.0732. The molecule has 3 aromatic carbocycles. The van der Waals surface area contributed by atoms with Gasteiger partial charge >= 0.3 is 0 Å². The number of hydrogen-bond donors (Lipinski definition) is 1. The van der Waals surface area contributed by atoms with E-state index in [0.29, 0.717) is 29.2 Å². The Morgan fingerprint density at radius 3 is 2.45 bits per heavy atom. The number of amides is 2. The van der Waals surface area contributed by atoms with Crippen LogP contribution in [0.25, 0.3) is 5.69 Å². The predicted octanol–water partition coefficient (Wildman–Crippen LogP) is 4.17. The van der Waals surface area contributed by atoms with Crippen LogP contribution in [-0.4, -0.2) is 33.4 Å². The van der Waals surface area contributed by atoms with Gasteiger partial charge in [0.2, 0.25) is 0 Å². The van der Waals surface area contributed by atoms with Crippen LogP contribution in [0.3, 0.4) is 0 Å². The highest BCUT2D eigenvalue weighted by Gasteiger charge is 2.25. The van der Waals surface area contributed by atoms with Crippen LogP contribution in [0, 0.1) is 12.7 Å². The number of fused-ring (bicyclic) bond motifs is 1. The lowest BCUT2D eigenvalue weighted by Crippen LogP contribution is -2.28. The average Bonchev–Trinajstić information content (AvgIpc) is 3.43. The van der Waals surface area contributed by atoms with Crippen molar-refractivity contribution in [1.29, 1.82) is 0 Å². The number of hydrogen-bond acceptors (Lipinski definition) is 4. The standard InChI is InChI=1S/C25H20FN5O2/c1-16-23(28-29-31(16)21-12-8-19(26)9-13-21)24(32)27-20-10-6-18(7-11-20)25(33)30-15-14-17-4-2-3-5-22(17)30/h2-13H,14-15H2,1H3,(H,27,32). The molecule has 2 amide bonds. The van der Waals surface area contributed by atoms with E-state index in [1.165, 1.54) is 22.4 Å². The van der Waals surface area contributed by atoms with Gasteiger partial charge in [-0.1, -0.05) is 23.4 Å². The molecule has 33 heavy (non-hydrogen) atoms. The number of rotatable bonds is 4. The van der Waals surface area contributed by atoms with Crippen LogP contribution in [0.1, 0.15) is 32.1 Å². The summed E-state index contributed by atoms with van der Waals surface area (Å²) >= 11 is 0. The van der Waals surface area contributed by atoms with E-state index in [2.05, 4.69) is 15.6 Å². The topological polar surface area (TPSA) is 80.1 Å². The second-order valence-corrected chi connectivity index (χ2v) is 7.78. The summed E-state index contributed by atoms with van der Waals surface area (Å²) in [5.41, 5.74) is 4.48. The Morgan fingerprint density at radius 1 is 0.970 bits per heavy atom. The number of nitrogens with zero attached hydrogens (tertiary/aromatic N) is 4. The quantitative estimate of drug-likeness (QED) is 0.516. The fourth-order valence-corrected chi connectivity index (χ4v) is 3.96. The summed E-state index contributed by atoms with van der Waals surface area (Å²) in [7, 11) is 0. The molecule has 1 N–H and O–H groups in total. The molecular weight excluding hydrogens is 421 g/mol. The summed E-state index contributed by atoms with van der Waals surface area (Å²) in [5.74, 6) is -0.852. The van der Waals surface area contributed by atoms with Gasteiger partial charge in [0.05, 0.1) is 11.4 Å². The first-order valence-corrected chi connectivity index (χ1v) is 10.5. The van der Waals surface area contributed by atoms with Gasteiger partial charge in [-0.2, -0.15) is 0 Å². The van der Waals surface area contributed by atoms with Crippen LogP contribution in [0.15, 0.2) is 72.8 Å². The monoisotopic (exact) mass is 441 g/mol. The molecule has 4 aromatic rings. The largest absolute Gasteiger partial charge is 0.321 e. The summed E-state index contributed by atoms with van der Waals surface area (Å²) in [6, 6.07) is 20.4. The molecule has 1 aliphatic heterocycles. The fourth-order valence-electron chi connectivity index (χ4n) is 3.96. The maximum absolute atomic E-state index is 13.2. The van der Waals surface area contributed by atoms with Crippen molar-refractivity contribution in [2.45, 2.75) is 13.3 Å². The number of benzene rings is 3. The van der Waals surface area contributed by atoms with Crippen molar-refractivity contribution in [2.75, 3.05) is 16.8 Å². The van der Waals surface area contributed by atoms with Gasteiger partial charge in [-0.25, -0.2) is 9.07 Å². The highest BCUT2D eigenvalue weighted by atomic mass is 19.1. The molecule has 0 radical (unpaired) electrons. The summed E-state index contributed by atoms with van der Waals surface area (Å²) in [4.78, 5) is 27.5. The SMILES string of the molecule is Cc1c(C(=O)Nc2ccc(C(=O)N3CCc4ccccc43)cc2)nnn1-c1ccc(F)cc1. The Kier molecular flexibility index (Phi) is 5.18. The molecular formula is C25H20FN5O2. The third-order valence-electron chi connectivity index (χ3n) is 5.70. The van der Waals surface area contributed by atoms with Gasteiger partial charge in [0.1, 0.15) is 5.82 Å². The van der Waals surface area contributed by atoms with E-state index in [-0.39, 0.29) is 17.4 Å². The molecule has 1 aliphatic rings. The summed E-state index contributed by atoms with van der Waals surface area (Å²) in [6.07, 6.45) is 0.841. The van der Waals surface area contributed by atoms with E-state index in [4.69, 9.17) is 0 Å². The van der Waals surface area contributed by atoms with Crippen LogP contribution in [0.5, 0.6) is 0 Å². The minimum atomic E-state index is -0.423. The number of carbonyl (C=O) groups excluding carboxylic acids is 2. The molecule has 164 valence electrons. The number of aromatic nitrogens is 3. The third-order valence-corrected chi connectivity index (χ3v) is 5.70. The number of halogens is 1. The highest BCUT2D eigenvalue weighted by molar-refractivity contribution is 6.08. The van der Waals surface area contributed by atoms with Gasteiger partial charge in [0, 0.05) is 23.5 Å². The maximum Gasteiger partial charge on any atom is 0.278 e. The van der Waals surface area contributed by atoms with E-state index in [9.17, 15) is 14.0 Å². The molecule has 7 nitrogen and oxygen atoms in total. The zero-order chi connectivity index (χ0) is 22.9. The number of para-hydroxylation sites is 1. The average molecular weight is 441 g/mol. The van der Waals surface area contributed by atoms with Crippen molar-refractivity contribution in [3.8, 4) is 5.69 Å². The fraction of sp³-hybridized carbons (Fsp3) is 0.120. The van der Waals surface area contributed by atoms with E-state index in [1.54, 1.807) is 48.2 Å². The maximum atomic E-state index is 13.2. The first-order chi connectivity index (χ1) is 16.0. The highest BCUT2D eigenvalue weighted by Crippen LogP contribution is 2.29. The van der Waals surface area contributed by atoms with E-state index >= 15 is 0 Å². The van der Waals surface area contributed by atoms with Gasteiger partial charge in [0.25, 0.3) is 11.8 Å². The molecule has 0 unspecified atom stereocenters. The lowest BCUT2D eigenvalue weighted by molar-refractivity contribution is 0.0988. The molecule has 5 rings (SSSR count). The van der Waals surface area contributed by atoms with Crippen molar-refractivity contribution in [3.05, 3.63) is 101 Å². The van der Waals surface area contributed by atoms with Crippen molar-refractivity contribution in [3.63, 3.8) is 0 Å². The van der Waals surface area contributed by atoms with Gasteiger partial charge in [-0.15, -0.1) is 5.10 Å². The second kappa shape index (κ2) is 8.31. The van der Waals surface area contributed by atoms with Crippen LogP contribution in [-0.2, 0) is 6.42 Å². The molecule has 1 aromatic heterocycles. The molecule has 8 heteroatoms. The van der Waals surface area contributed by atoms with E-state index < -0.39 is 5.91 Å². The molecule has 0 saturated carbocycles. The summed E-state index contributed by atoms with van der Waals surface area (Å²) < 4.78 is 14.7. The molecule has 2 heterocycles. The summed E-state index contributed by atoms with van der Waals surface area (Å²) in [6.45, 7) is 2.37. The predicted molar refractivity (Wildman–Crippen MR) is 122 cm³/mol. The molecule has 0 atom stereocenters. The Hall–Kier alpha value is -4.33. The van der Waals surface area contributed by atoms with Crippen molar-refractivity contribution in [1.82, 2.24) is 15.0 Å². The molecule has 0 bridgehead atoms. The van der Waals surface area contributed by atoms with Gasteiger partial charge in [-0.3, -0.25) is 9.59 Å². The molecule has 0 fully saturated rings. The van der Waals surface area contributed by atoms with Gasteiger partial charge in [-0.05, 0) is 73.5 Å². The van der Waals surface area contributed by atoms with E-state index in [0.717, 1.165) is 12.1 Å². The van der Waals surface area contributed by atoms with Crippen molar-refractivity contribution >= 4 is 23.2 Å². The van der Waals surface area contributed by atoms with Gasteiger partial charge in [0.15, 0.2) is 5.69 Å².